The highest BCUT2D eigenvalue weighted by atomic mass is 16.6. The number of piperidine rings is 1. The van der Waals surface area contributed by atoms with E-state index in [0.29, 0.717) is 0 Å². The van der Waals surface area contributed by atoms with Gasteiger partial charge >= 0.3 is 6.09 Å². The van der Waals surface area contributed by atoms with Crippen molar-refractivity contribution in [3.05, 3.63) is 23.9 Å². The SMILES string of the molecule is CC(C)(C)OC(=O)N1CCCCC1c1ccc(N2CCOCC2)nc1. The van der Waals surface area contributed by atoms with Crippen LogP contribution in [0.4, 0.5) is 10.6 Å². The molecule has 1 unspecified atom stereocenters. The van der Waals surface area contributed by atoms with E-state index in [0.717, 1.165) is 63.5 Å². The van der Waals surface area contributed by atoms with Crippen LogP contribution in [0.25, 0.3) is 0 Å². The average molecular weight is 347 g/mol. The summed E-state index contributed by atoms with van der Waals surface area (Å²) in [6.07, 6.45) is 4.79. The first-order valence-corrected chi connectivity index (χ1v) is 9.22. The van der Waals surface area contributed by atoms with Gasteiger partial charge in [-0.25, -0.2) is 9.78 Å². The zero-order valence-electron chi connectivity index (χ0n) is 15.5. The minimum Gasteiger partial charge on any atom is -0.444 e. The smallest absolute Gasteiger partial charge is 0.410 e. The molecule has 138 valence electrons. The molecule has 0 N–H and O–H groups in total. The molecule has 1 aromatic rings. The van der Waals surface area contributed by atoms with Gasteiger partial charge in [-0.2, -0.15) is 0 Å². The van der Waals surface area contributed by atoms with E-state index in [4.69, 9.17) is 9.47 Å². The van der Waals surface area contributed by atoms with Gasteiger partial charge in [0.15, 0.2) is 0 Å². The number of likely N-dealkylation sites (tertiary alicyclic amines) is 1. The molecule has 0 aromatic carbocycles. The Balaban J connectivity index is 1.72. The standard InChI is InChI=1S/C19H29N3O3/c1-19(2,3)25-18(23)22-9-5-4-6-16(22)15-7-8-17(20-14-15)21-10-12-24-13-11-21/h7-8,14,16H,4-6,9-13H2,1-3H3. The fourth-order valence-electron chi connectivity index (χ4n) is 3.39. The fourth-order valence-corrected chi connectivity index (χ4v) is 3.39. The highest BCUT2D eigenvalue weighted by Gasteiger charge is 2.31. The summed E-state index contributed by atoms with van der Waals surface area (Å²) >= 11 is 0. The Morgan fingerprint density at radius 2 is 1.96 bits per heavy atom. The third kappa shape index (κ3) is 4.63. The molecule has 0 spiro atoms. The third-order valence-corrected chi connectivity index (χ3v) is 4.62. The highest BCUT2D eigenvalue weighted by Crippen LogP contribution is 2.32. The number of nitrogens with zero attached hydrogens (tertiary/aromatic N) is 3. The van der Waals surface area contributed by atoms with Crippen LogP contribution in [0.3, 0.4) is 0 Å². The molecule has 25 heavy (non-hydrogen) atoms. The van der Waals surface area contributed by atoms with Crippen molar-refractivity contribution in [2.24, 2.45) is 0 Å². The van der Waals surface area contributed by atoms with Crippen LogP contribution in [0.5, 0.6) is 0 Å². The summed E-state index contributed by atoms with van der Waals surface area (Å²) in [5, 5.41) is 0. The molecule has 2 aliphatic rings. The molecule has 1 aromatic heterocycles. The van der Waals surface area contributed by atoms with Gasteiger partial charge in [-0.05, 0) is 51.7 Å². The second-order valence-electron chi connectivity index (χ2n) is 7.73. The Morgan fingerprint density at radius 3 is 2.60 bits per heavy atom. The van der Waals surface area contributed by atoms with Crippen LogP contribution in [0.15, 0.2) is 18.3 Å². The van der Waals surface area contributed by atoms with E-state index >= 15 is 0 Å². The molecule has 3 heterocycles. The van der Waals surface area contributed by atoms with Gasteiger partial charge in [-0.3, -0.25) is 0 Å². The molecule has 6 nitrogen and oxygen atoms in total. The van der Waals surface area contributed by atoms with Crippen LogP contribution in [-0.2, 0) is 9.47 Å². The van der Waals surface area contributed by atoms with E-state index in [1.165, 1.54) is 0 Å². The number of amides is 1. The maximum atomic E-state index is 12.6. The molecule has 0 aliphatic carbocycles. The highest BCUT2D eigenvalue weighted by molar-refractivity contribution is 5.69. The van der Waals surface area contributed by atoms with Crippen molar-refractivity contribution in [2.45, 2.75) is 51.7 Å². The minimum atomic E-state index is -0.475. The normalized spacial score (nSPS) is 22.0. The van der Waals surface area contributed by atoms with Crippen LogP contribution in [-0.4, -0.2) is 54.4 Å². The number of carbonyl (C=O) groups excluding carboxylic acids is 1. The molecule has 3 rings (SSSR count). The predicted molar refractivity (Wildman–Crippen MR) is 96.8 cm³/mol. The minimum absolute atomic E-state index is 0.0508. The lowest BCUT2D eigenvalue weighted by Gasteiger charge is -2.37. The number of anilines is 1. The number of pyridine rings is 1. The monoisotopic (exact) mass is 347 g/mol. The number of aromatic nitrogens is 1. The first-order chi connectivity index (χ1) is 11.9. The predicted octanol–water partition coefficient (Wildman–Crippen LogP) is 3.38. The summed E-state index contributed by atoms with van der Waals surface area (Å²) in [5.41, 5.74) is 0.611. The van der Waals surface area contributed by atoms with E-state index in [1.807, 2.05) is 31.9 Å². The number of ether oxygens (including phenoxy) is 2. The van der Waals surface area contributed by atoms with Crippen molar-refractivity contribution in [3.8, 4) is 0 Å². The van der Waals surface area contributed by atoms with E-state index < -0.39 is 5.60 Å². The molecule has 2 fully saturated rings. The number of rotatable bonds is 2. The summed E-state index contributed by atoms with van der Waals surface area (Å²) in [6.45, 7) is 9.70. The number of hydrogen-bond acceptors (Lipinski definition) is 5. The number of carbonyl (C=O) groups is 1. The van der Waals surface area contributed by atoms with Crippen LogP contribution < -0.4 is 4.90 Å². The van der Waals surface area contributed by atoms with Gasteiger partial charge in [0, 0.05) is 25.8 Å². The Labute approximate surface area is 150 Å². The topological polar surface area (TPSA) is 54.9 Å². The van der Waals surface area contributed by atoms with Crippen molar-refractivity contribution >= 4 is 11.9 Å². The van der Waals surface area contributed by atoms with Gasteiger partial charge in [0.25, 0.3) is 0 Å². The summed E-state index contributed by atoms with van der Waals surface area (Å²) in [7, 11) is 0. The van der Waals surface area contributed by atoms with Gasteiger partial charge in [0.2, 0.25) is 0 Å². The van der Waals surface area contributed by atoms with Crippen LogP contribution in [0.1, 0.15) is 51.6 Å². The molecule has 0 bridgehead atoms. The summed E-state index contributed by atoms with van der Waals surface area (Å²) in [4.78, 5) is 21.3. The molecule has 1 atom stereocenters. The first-order valence-electron chi connectivity index (χ1n) is 9.22. The van der Waals surface area contributed by atoms with Gasteiger partial charge < -0.3 is 19.3 Å². The Morgan fingerprint density at radius 1 is 1.20 bits per heavy atom. The Kier molecular flexibility index (Phi) is 5.47. The zero-order valence-corrected chi connectivity index (χ0v) is 15.5. The molecule has 2 aliphatic heterocycles. The molecular formula is C19H29N3O3. The lowest BCUT2D eigenvalue weighted by molar-refractivity contribution is 0.00948. The van der Waals surface area contributed by atoms with Gasteiger partial charge in [-0.15, -0.1) is 0 Å². The van der Waals surface area contributed by atoms with Gasteiger partial charge in [-0.1, -0.05) is 6.07 Å². The molecular weight excluding hydrogens is 318 g/mol. The maximum absolute atomic E-state index is 12.6. The molecule has 0 radical (unpaired) electrons. The van der Waals surface area contributed by atoms with Crippen molar-refractivity contribution in [3.63, 3.8) is 0 Å². The van der Waals surface area contributed by atoms with Crippen molar-refractivity contribution < 1.29 is 14.3 Å². The second-order valence-corrected chi connectivity index (χ2v) is 7.73. The molecule has 1 amide bonds. The summed E-state index contributed by atoms with van der Waals surface area (Å²) in [5.74, 6) is 0.978. The lowest BCUT2D eigenvalue weighted by atomic mass is 9.97. The quantitative estimate of drug-likeness (QED) is 0.821. The molecule has 6 heteroatoms. The number of morpholine rings is 1. The van der Waals surface area contributed by atoms with Gasteiger partial charge in [0.05, 0.1) is 19.3 Å². The first kappa shape index (κ1) is 18.0. The third-order valence-electron chi connectivity index (χ3n) is 4.62. The van der Waals surface area contributed by atoms with E-state index in [1.54, 1.807) is 0 Å². The zero-order chi connectivity index (χ0) is 17.9. The largest absolute Gasteiger partial charge is 0.444 e. The molecule has 2 saturated heterocycles. The van der Waals surface area contributed by atoms with E-state index in [9.17, 15) is 4.79 Å². The molecule has 0 saturated carbocycles. The van der Waals surface area contributed by atoms with E-state index in [2.05, 4.69) is 22.0 Å². The lowest BCUT2D eigenvalue weighted by Crippen LogP contribution is -2.42. The summed E-state index contributed by atoms with van der Waals surface area (Å²) in [6, 6.07) is 4.21. The Hall–Kier alpha value is -1.82. The van der Waals surface area contributed by atoms with Crippen molar-refractivity contribution in [2.75, 3.05) is 37.7 Å². The van der Waals surface area contributed by atoms with Crippen molar-refractivity contribution in [1.29, 1.82) is 0 Å². The van der Waals surface area contributed by atoms with Crippen molar-refractivity contribution in [1.82, 2.24) is 9.88 Å². The summed E-state index contributed by atoms with van der Waals surface area (Å²) < 4.78 is 11.0. The average Bonchev–Trinajstić information content (AvgIpc) is 2.61. The van der Waals surface area contributed by atoms with Crippen LogP contribution >= 0.6 is 0 Å². The fraction of sp³-hybridized carbons (Fsp3) is 0.684. The van der Waals surface area contributed by atoms with Gasteiger partial charge in [0.1, 0.15) is 11.4 Å². The van der Waals surface area contributed by atoms with Crippen LogP contribution in [0, 0.1) is 0 Å². The van der Waals surface area contributed by atoms with E-state index in [-0.39, 0.29) is 12.1 Å². The Bertz CT molecular complexity index is 577. The van der Waals surface area contributed by atoms with Crippen LogP contribution in [0.2, 0.25) is 0 Å². The number of hydrogen-bond donors (Lipinski definition) is 0. The second kappa shape index (κ2) is 7.60. The maximum Gasteiger partial charge on any atom is 0.410 e.